The summed E-state index contributed by atoms with van der Waals surface area (Å²) in [6.07, 6.45) is 2.91. The van der Waals surface area contributed by atoms with E-state index in [0.717, 1.165) is 18.4 Å². The van der Waals surface area contributed by atoms with E-state index in [1.807, 2.05) is 30.3 Å². The third-order valence-corrected chi connectivity index (χ3v) is 5.30. The van der Waals surface area contributed by atoms with E-state index in [-0.39, 0.29) is 53.3 Å². The maximum atomic E-state index is 12.4. The molecule has 3 rings (SSSR count). The molecule has 0 amide bonds. The molecule has 3 unspecified atom stereocenters. The van der Waals surface area contributed by atoms with Crippen LogP contribution in [0.25, 0.3) is 0 Å². The SMILES string of the molecule is C[N+]1([O-])[C@@H]2CC[C@H]1CC(OC(=O)C(CO)c1ccccc1)C2.Cl.O. The van der Waals surface area contributed by atoms with Crippen LogP contribution in [0.15, 0.2) is 30.3 Å². The maximum Gasteiger partial charge on any atom is 0.316 e. The molecule has 2 saturated heterocycles. The third-order valence-electron chi connectivity index (χ3n) is 5.30. The van der Waals surface area contributed by atoms with Gasteiger partial charge >= 0.3 is 5.97 Å². The Bertz CT molecular complexity index is 523. The van der Waals surface area contributed by atoms with Crippen LogP contribution in [0, 0.1) is 5.21 Å². The maximum absolute atomic E-state index is 12.4. The number of fused-ring (bicyclic) bond motifs is 2. The number of hydroxylamine groups is 3. The lowest BCUT2D eigenvalue weighted by molar-refractivity contribution is -0.903. The van der Waals surface area contributed by atoms with Gasteiger partial charge in [-0.15, -0.1) is 12.4 Å². The Hall–Kier alpha value is -1.18. The average molecular weight is 360 g/mol. The van der Waals surface area contributed by atoms with Crippen molar-refractivity contribution in [3.63, 3.8) is 0 Å². The first-order valence-electron chi connectivity index (χ1n) is 7.95. The zero-order chi connectivity index (χ0) is 15.7. The van der Waals surface area contributed by atoms with Gasteiger partial charge in [-0.3, -0.25) is 4.79 Å². The molecule has 2 heterocycles. The summed E-state index contributed by atoms with van der Waals surface area (Å²) in [5.74, 6) is -1.03. The summed E-state index contributed by atoms with van der Waals surface area (Å²) in [5.41, 5.74) is 0.762. The lowest BCUT2D eigenvalue weighted by Gasteiger charge is -2.50. The number of benzene rings is 1. The predicted molar refractivity (Wildman–Crippen MR) is 92.6 cm³/mol. The fourth-order valence-corrected chi connectivity index (χ4v) is 3.90. The number of halogens is 1. The second-order valence-electron chi connectivity index (χ2n) is 6.62. The first-order valence-corrected chi connectivity index (χ1v) is 7.95. The van der Waals surface area contributed by atoms with Crippen LogP contribution >= 0.6 is 12.4 Å². The van der Waals surface area contributed by atoms with Gasteiger partial charge in [-0.2, -0.15) is 0 Å². The first kappa shape index (κ1) is 20.9. The van der Waals surface area contributed by atoms with Crippen LogP contribution in [0.1, 0.15) is 37.2 Å². The Morgan fingerprint density at radius 3 is 2.33 bits per heavy atom. The number of carbonyl (C=O) groups excluding carboxylic acids is 1. The van der Waals surface area contributed by atoms with Gasteiger partial charge in [-0.25, -0.2) is 0 Å². The number of rotatable bonds is 4. The van der Waals surface area contributed by atoms with Crippen molar-refractivity contribution in [1.29, 1.82) is 0 Å². The summed E-state index contributed by atoms with van der Waals surface area (Å²) >= 11 is 0. The van der Waals surface area contributed by atoms with Gasteiger partial charge in [0.2, 0.25) is 0 Å². The number of aliphatic hydroxyl groups excluding tert-OH is 1. The number of piperidine rings is 1. The molecule has 7 heteroatoms. The van der Waals surface area contributed by atoms with Crippen LogP contribution in [0.4, 0.5) is 0 Å². The minimum atomic E-state index is -0.645. The molecule has 5 atom stereocenters. The number of carbonyl (C=O) groups is 1. The standard InChI is InChI=1S/C17H23NO4.ClH.H2O/c1-18(21)13-7-8-14(18)10-15(9-13)22-17(20)16(11-19)12-5-3-2-4-6-12;;/h2-6,13-16,19H,7-11H2,1H3;1H;1H2/t13-,14+,15?,16?,18?;;. The molecule has 6 nitrogen and oxygen atoms in total. The summed E-state index contributed by atoms with van der Waals surface area (Å²) < 4.78 is 5.44. The van der Waals surface area contributed by atoms with Crippen LogP contribution in [0.5, 0.6) is 0 Å². The molecule has 0 aromatic heterocycles. The fourth-order valence-electron chi connectivity index (χ4n) is 3.90. The van der Waals surface area contributed by atoms with E-state index < -0.39 is 5.92 Å². The molecule has 1 aromatic rings. The molecule has 24 heavy (non-hydrogen) atoms. The van der Waals surface area contributed by atoms with Crippen LogP contribution in [0.2, 0.25) is 0 Å². The molecule has 136 valence electrons. The molecule has 0 saturated carbocycles. The normalized spacial score (nSPS) is 32.2. The Labute approximate surface area is 148 Å². The van der Waals surface area contributed by atoms with Crippen molar-refractivity contribution in [1.82, 2.24) is 0 Å². The highest BCUT2D eigenvalue weighted by Gasteiger charge is 2.48. The van der Waals surface area contributed by atoms with Crippen LogP contribution < -0.4 is 0 Å². The highest BCUT2D eigenvalue weighted by Crippen LogP contribution is 2.41. The molecule has 2 bridgehead atoms. The van der Waals surface area contributed by atoms with Gasteiger partial charge in [0.1, 0.15) is 12.0 Å². The van der Waals surface area contributed by atoms with Crippen molar-refractivity contribution in [3.05, 3.63) is 41.1 Å². The van der Waals surface area contributed by atoms with Crippen molar-refractivity contribution in [2.24, 2.45) is 0 Å². The van der Waals surface area contributed by atoms with Gasteiger partial charge in [0.15, 0.2) is 0 Å². The Morgan fingerprint density at radius 2 is 1.83 bits per heavy atom. The van der Waals surface area contributed by atoms with E-state index in [1.54, 1.807) is 7.05 Å². The topological polar surface area (TPSA) is 101 Å². The molecule has 0 aliphatic carbocycles. The van der Waals surface area contributed by atoms with E-state index in [4.69, 9.17) is 4.74 Å². The minimum Gasteiger partial charge on any atom is -0.633 e. The summed E-state index contributed by atoms with van der Waals surface area (Å²) in [4.78, 5) is 12.4. The second kappa shape index (κ2) is 8.27. The van der Waals surface area contributed by atoms with E-state index in [9.17, 15) is 15.1 Å². The highest BCUT2D eigenvalue weighted by molar-refractivity contribution is 5.85. The number of hydrogen-bond acceptors (Lipinski definition) is 4. The molecular weight excluding hydrogens is 334 g/mol. The summed E-state index contributed by atoms with van der Waals surface area (Å²) in [6, 6.07) is 9.27. The number of nitrogens with zero attached hydrogens (tertiary/aromatic N) is 1. The summed E-state index contributed by atoms with van der Waals surface area (Å²) in [5, 5.41) is 22.0. The lowest BCUT2D eigenvalue weighted by atomic mass is 9.98. The smallest absolute Gasteiger partial charge is 0.316 e. The minimum absolute atomic E-state index is 0. The van der Waals surface area contributed by atoms with E-state index >= 15 is 0 Å². The van der Waals surface area contributed by atoms with Gasteiger partial charge in [0, 0.05) is 25.7 Å². The predicted octanol–water partition coefficient (Wildman–Crippen LogP) is 1.54. The lowest BCUT2D eigenvalue weighted by Crippen LogP contribution is -2.55. The average Bonchev–Trinajstić information content (AvgIpc) is 2.68. The largest absolute Gasteiger partial charge is 0.633 e. The quantitative estimate of drug-likeness (QED) is 0.500. The van der Waals surface area contributed by atoms with Crippen LogP contribution in [0.3, 0.4) is 0 Å². The number of aliphatic hydroxyl groups is 1. The van der Waals surface area contributed by atoms with Crippen molar-refractivity contribution in [2.45, 2.75) is 49.8 Å². The van der Waals surface area contributed by atoms with Gasteiger partial charge in [-0.05, 0) is 5.56 Å². The van der Waals surface area contributed by atoms with Crippen LogP contribution in [-0.4, -0.2) is 53.0 Å². The highest BCUT2D eigenvalue weighted by atomic mass is 35.5. The third kappa shape index (κ3) is 3.90. The zero-order valence-corrected chi connectivity index (χ0v) is 14.6. The van der Waals surface area contributed by atoms with Crippen molar-refractivity contribution in [3.8, 4) is 0 Å². The first-order chi connectivity index (χ1) is 10.5. The summed E-state index contributed by atoms with van der Waals surface area (Å²) in [7, 11) is 1.74. The molecule has 0 radical (unpaired) electrons. The fraction of sp³-hybridized carbons (Fsp3) is 0.588. The van der Waals surface area contributed by atoms with Gasteiger partial charge in [0.05, 0.1) is 25.7 Å². The molecule has 3 N–H and O–H groups in total. The number of ether oxygens (including phenoxy) is 1. The van der Waals surface area contributed by atoms with Gasteiger partial charge < -0.3 is 25.2 Å². The van der Waals surface area contributed by atoms with Crippen molar-refractivity contribution in [2.75, 3.05) is 13.7 Å². The zero-order valence-electron chi connectivity index (χ0n) is 13.8. The Kier molecular flexibility index (Phi) is 7.19. The second-order valence-corrected chi connectivity index (χ2v) is 6.62. The Balaban J connectivity index is 0.00000144. The van der Waals surface area contributed by atoms with E-state index in [1.165, 1.54) is 0 Å². The molecular formula is C17H26ClNO5. The number of quaternary nitrogens is 1. The molecule has 2 aliphatic heterocycles. The molecule has 2 aliphatic rings. The van der Waals surface area contributed by atoms with E-state index in [2.05, 4.69) is 0 Å². The monoisotopic (exact) mass is 359 g/mol. The molecule has 2 fully saturated rings. The van der Waals surface area contributed by atoms with Gasteiger partial charge in [-0.1, -0.05) is 30.3 Å². The van der Waals surface area contributed by atoms with Crippen molar-refractivity contribution >= 4 is 18.4 Å². The molecule has 0 spiro atoms. The van der Waals surface area contributed by atoms with Gasteiger partial charge in [0.25, 0.3) is 0 Å². The number of esters is 1. The molecule has 1 aromatic carbocycles. The Morgan fingerprint density at radius 1 is 1.29 bits per heavy atom. The number of hydrogen-bond donors (Lipinski definition) is 1. The van der Waals surface area contributed by atoms with Crippen molar-refractivity contribution < 1.29 is 24.8 Å². The summed E-state index contributed by atoms with van der Waals surface area (Å²) in [6.45, 7) is -0.266. The van der Waals surface area contributed by atoms with Crippen LogP contribution in [-0.2, 0) is 9.53 Å². The van der Waals surface area contributed by atoms with E-state index in [0.29, 0.717) is 12.8 Å².